The second-order valence-corrected chi connectivity index (χ2v) is 10.4. The van der Waals surface area contributed by atoms with E-state index in [9.17, 15) is 9.59 Å². The van der Waals surface area contributed by atoms with Crippen molar-refractivity contribution in [2.45, 2.75) is 72.0 Å². The minimum Gasteiger partial charge on any atom is -0.497 e. The molecule has 7 heteroatoms. The molecule has 0 aromatic heterocycles. The summed E-state index contributed by atoms with van der Waals surface area (Å²) in [6.45, 7) is 12.2. The highest BCUT2D eigenvalue weighted by atomic mass is 79.9. The lowest BCUT2D eigenvalue weighted by Crippen LogP contribution is -2.50. The molecule has 0 heterocycles. The molecule has 2 rings (SSSR count). The van der Waals surface area contributed by atoms with Crippen molar-refractivity contribution in [1.29, 1.82) is 0 Å². The van der Waals surface area contributed by atoms with Gasteiger partial charge in [-0.1, -0.05) is 45.9 Å². The highest BCUT2D eigenvalue weighted by Crippen LogP contribution is 2.31. The van der Waals surface area contributed by atoms with Crippen LogP contribution in [0.3, 0.4) is 0 Å². The predicted octanol–water partition coefficient (Wildman–Crippen LogP) is 5.47. The first-order chi connectivity index (χ1) is 16.0. The number of nitrogens with one attached hydrogen (secondary N) is 1. The van der Waals surface area contributed by atoms with Crippen molar-refractivity contribution < 1.29 is 19.1 Å². The van der Waals surface area contributed by atoms with Gasteiger partial charge in [0.1, 0.15) is 17.5 Å². The van der Waals surface area contributed by atoms with E-state index in [1.807, 2.05) is 56.3 Å². The van der Waals surface area contributed by atoms with Gasteiger partial charge in [-0.05, 0) is 77.0 Å². The number of hydrogen-bond acceptors (Lipinski definition) is 4. The molecular formula is C27H37BrN2O4. The van der Waals surface area contributed by atoms with E-state index in [4.69, 9.17) is 9.47 Å². The number of carbonyl (C=O) groups excluding carboxylic acids is 2. The molecule has 34 heavy (non-hydrogen) atoms. The lowest BCUT2D eigenvalue weighted by atomic mass is 9.87. The molecule has 1 N–H and O–H groups in total. The maximum atomic E-state index is 13.3. The van der Waals surface area contributed by atoms with Gasteiger partial charge in [-0.2, -0.15) is 0 Å². The minimum absolute atomic E-state index is 0.00281. The van der Waals surface area contributed by atoms with Crippen molar-refractivity contribution in [3.63, 3.8) is 0 Å². The van der Waals surface area contributed by atoms with Crippen LogP contribution in [0.4, 0.5) is 0 Å². The summed E-state index contributed by atoms with van der Waals surface area (Å²) in [4.78, 5) is 27.7. The standard InChI is InChI=1S/C27H37BrN2O4/c1-8-18(2)29-26(32)19(3)30(16-20-10-9-11-22(14-20)33-7)25(31)17-34-24-13-12-21(15-23(24)28)27(4,5)6/h9-15,18-19H,8,16-17H2,1-7H3,(H,29,32)/t18-,19-/m0/s1. The second-order valence-electron chi connectivity index (χ2n) is 9.55. The average Bonchev–Trinajstić information content (AvgIpc) is 2.80. The Morgan fingerprint density at radius 3 is 2.41 bits per heavy atom. The normalized spacial score (nSPS) is 13.1. The molecule has 6 nitrogen and oxygen atoms in total. The summed E-state index contributed by atoms with van der Waals surface area (Å²) in [5.41, 5.74) is 2.03. The molecule has 0 radical (unpaired) electrons. The highest BCUT2D eigenvalue weighted by molar-refractivity contribution is 9.10. The van der Waals surface area contributed by atoms with Crippen LogP contribution in [-0.2, 0) is 21.5 Å². The molecule has 0 aliphatic heterocycles. The third-order valence-electron chi connectivity index (χ3n) is 5.80. The summed E-state index contributed by atoms with van der Waals surface area (Å²) in [6, 6.07) is 12.7. The Hall–Kier alpha value is -2.54. The molecule has 0 aliphatic carbocycles. The number of benzene rings is 2. The number of carbonyl (C=O) groups is 2. The number of rotatable bonds is 10. The van der Waals surface area contributed by atoms with E-state index in [0.29, 0.717) is 11.5 Å². The first-order valence-electron chi connectivity index (χ1n) is 11.6. The number of ether oxygens (including phenoxy) is 2. The topological polar surface area (TPSA) is 67.9 Å². The van der Waals surface area contributed by atoms with Crippen LogP contribution in [0.5, 0.6) is 11.5 Å². The van der Waals surface area contributed by atoms with Crippen molar-refractivity contribution in [1.82, 2.24) is 10.2 Å². The zero-order valence-electron chi connectivity index (χ0n) is 21.3. The van der Waals surface area contributed by atoms with Crippen LogP contribution in [-0.4, -0.2) is 42.5 Å². The SMILES string of the molecule is CC[C@H](C)NC(=O)[C@H](C)N(Cc1cccc(OC)c1)C(=O)COc1ccc(C(C)(C)C)cc1Br. The Morgan fingerprint density at radius 1 is 1.12 bits per heavy atom. The molecular weight excluding hydrogens is 496 g/mol. The molecule has 0 saturated heterocycles. The Labute approximate surface area is 212 Å². The Balaban J connectivity index is 2.21. The summed E-state index contributed by atoms with van der Waals surface area (Å²) in [5, 5.41) is 2.97. The van der Waals surface area contributed by atoms with Gasteiger partial charge in [0.2, 0.25) is 5.91 Å². The van der Waals surface area contributed by atoms with Gasteiger partial charge in [0.15, 0.2) is 6.61 Å². The van der Waals surface area contributed by atoms with Gasteiger partial charge in [0, 0.05) is 12.6 Å². The van der Waals surface area contributed by atoms with Crippen LogP contribution in [0.25, 0.3) is 0 Å². The fourth-order valence-electron chi connectivity index (χ4n) is 3.32. The fraction of sp³-hybridized carbons (Fsp3) is 0.481. The van der Waals surface area contributed by atoms with E-state index < -0.39 is 6.04 Å². The minimum atomic E-state index is -0.664. The highest BCUT2D eigenvalue weighted by Gasteiger charge is 2.27. The molecule has 2 atom stereocenters. The molecule has 0 unspecified atom stereocenters. The third kappa shape index (κ3) is 7.76. The number of hydrogen-bond donors (Lipinski definition) is 1. The van der Waals surface area contributed by atoms with Gasteiger partial charge in [0.05, 0.1) is 11.6 Å². The summed E-state index contributed by atoms with van der Waals surface area (Å²) in [7, 11) is 1.60. The molecule has 2 amide bonds. The summed E-state index contributed by atoms with van der Waals surface area (Å²) >= 11 is 3.56. The number of halogens is 1. The summed E-state index contributed by atoms with van der Waals surface area (Å²) < 4.78 is 12.0. The molecule has 0 aliphatic rings. The van der Waals surface area contributed by atoms with Gasteiger partial charge >= 0.3 is 0 Å². The smallest absolute Gasteiger partial charge is 0.261 e. The monoisotopic (exact) mass is 532 g/mol. The van der Waals surface area contributed by atoms with E-state index in [1.165, 1.54) is 0 Å². The fourth-order valence-corrected chi connectivity index (χ4v) is 3.82. The van der Waals surface area contributed by atoms with Crippen molar-refractivity contribution >= 4 is 27.7 Å². The van der Waals surface area contributed by atoms with Crippen molar-refractivity contribution in [2.24, 2.45) is 0 Å². The summed E-state index contributed by atoms with van der Waals surface area (Å²) in [6.07, 6.45) is 0.810. The molecule has 2 aromatic carbocycles. The van der Waals surface area contributed by atoms with Crippen LogP contribution >= 0.6 is 15.9 Å². The summed E-state index contributed by atoms with van der Waals surface area (Å²) in [5.74, 6) is 0.808. The largest absolute Gasteiger partial charge is 0.497 e. The maximum Gasteiger partial charge on any atom is 0.261 e. The Kier molecular flexibility index (Phi) is 9.98. The van der Waals surface area contributed by atoms with Crippen LogP contribution < -0.4 is 14.8 Å². The number of amides is 2. The zero-order chi connectivity index (χ0) is 25.5. The van der Waals surface area contributed by atoms with E-state index in [1.54, 1.807) is 18.9 Å². The lowest BCUT2D eigenvalue weighted by molar-refractivity contribution is -0.142. The molecule has 2 aromatic rings. The quantitative estimate of drug-likeness (QED) is 0.440. The maximum absolute atomic E-state index is 13.3. The predicted molar refractivity (Wildman–Crippen MR) is 139 cm³/mol. The van der Waals surface area contributed by atoms with Crippen LogP contribution in [0, 0.1) is 0 Å². The van der Waals surface area contributed by atoms with Gasteiger partial charge in [-0.25, -0.2) is 0 Å². The first kappa shape index (κ1) is 27.7. The van der Waals surface area contributed by atoms with Crippen LogP contribution in [0.2, 0.25) is 0 Å². The molecule has 186 valence electrons. The number of nitrogens with zero attached hydrogens (tertiary/aromatic N) is 1. The molecule has 0 spiro atoms. The van der Waals surface area contributed by atoms with Crippen molar-refractivity contribution in [3.8, 4) is 11.5 Å². The molecule has 0 fully saturated rings. The van der Waals surface area contributed by atoms with Gasteiger partial charge in [-0.15, -0.1) is 0 Å². The first-order valence-corrected chi connectivity index (χ1v) is 12.4. The molecule has 0 saturated carbocycles. The third-order valence-corrected chi connectivity index (χ3v) is 6.42. The van der Waals surface area contributed by atoms with Crippen LogP contribution in [0.1, 0.15) is 59.1 Å². The van der Waals surface area contributed by atoms with E-state index in [2.05, 4.69) is 42.0 Å². The Morgan fingerprint density at radius 2 is 1.82 bits per heavy atom. The second kappa shape index (κ2) is 12.2. The average molecular weight is 534 g/mol. The number of methoxy groups -OCH3 is 1. The van der Waals surface area contributed by atoms with E-state index in [0.717, 1.165) is 22.0 Å². The zero-order valence-corrected chi connectivity index (χ0v) is 22.9. The lowest BCUT2D eigenvalue weighted by Gasteiger charge is -2.29. The van der Waals surface area contributed by atoms with Gasteiger partial charge in [-0.3, -0.25) is 9.59 Å². The van der Waals surface area contributed by atoms with Crippen LogP contribution in [0.15, 0.2) is 46.9 Å². The Bertz CT molecular complexity index is 987. The van der Waals surface area contributed by atoms with Gasteiger partial charge < -0.3 is 19.7 Å². The van der Waals surface area contributed by atoms with E-state index in [-0.39, 0.29) is 36.4 Å². The van der Waals surface area contributed by atoms with Crippen molar-refractivity contribution in [3.05, 3.63) is 58.1 Å². The van der Waals surface area contributed by atoms with Gasteiger partial charge in [0.25, 0.3) is 5.91 Å². The van der Waals surface area contributed by atoms with E-state index >= 15 is 0 Å². The van der Waals surface area contributed by atoms with Crippen molar-refractivity contribution in [2.75, 3.05) is 13.7 Å². The molecule has 0 bridgehead atoms.